The molecule has 2 unspecified atom stereocenters. The van der Waals surface area contributed by atoms with E-state index in [1.54, 1.807) is 18.2 Å². The van der Waals surface area contributed by atoms with Gasteiger partial charge in [-0.25, -0.2) is 0 Å². The van der Waals surface area contributed by atoms with Crippen LogP contribution in [0.4, 0.5) is 0 Å². The van der Waals surface area contributed by atoms with Crippen LogP contribution >= 0.6 is 8.38 Å². The predicted octanol–water partition coefficient (Wildman–Crippen LogP) is 2.37. The molecule has 0 amide bonds. The maximum Gasteiger partial charge on any atom is 0.306 e. The van der Waals surface area contributed by atoms with Crippen molar-refractivity contribution in [1.29, 1.82) is 0 Å². The molecular formula is C14H19O5P. The second-order valence-electron chi connectivity index (χ2n) is 5.58. The molecule has 0 radical (unpaired) electrons. The van der Waals surface area contributed by atoms with Gasteiger partial charge in [-0.1, -0.05) is 26.0 Å². The summed E-state index contributed by atoms with van der Waals surface area (Å²) in [6, 6.07) is 0. The first-order valence-electron chi connectivity index (χ1n) is 6.58. The van der Waals surface area contributed by atoms with E-state index in [2.05, 4.69) is 0 Å². The Bertz CT molecular complexity index is 441. The summed E-state index contributed by atoms with van der Waals surface area (Å²) in [6.07, 6.45) is 6.73. The van der Waals surface area contributed by atoms with Gasteiger partial charge >= 0.3 is 5.97 Å². The molecular weight excluding hydrogens is 279 g/mol. The van der Waals surface area contributed by atoms with Gasteiger partial charge in [-0.3, -0.25) is 9.59 Å². The Labute approximate surface area is 119 Å². The fraction of sp³-hybridized carbons (Fsp3) is 0.571. The molecule has 1 saturated heterocycles. The molecule has 0 saturated carbocycles. The number of cyclic esters (lactones) is 1. The molecule has 1 aliphatic heterocycles. The average Bonchev–Trinajstić information content (AvgIpc) is 2.47. The van der Waals surface area contributed by atoms with Crippen LogP contribution < -0.4 is 0 Å². The second kappa shape index (κ2) is 6.61. The van der Waals surface area contributed by atoms with E-state index in [0.717, 1.165) is 0 Å². The zero-order chi connectivity index (χ0) is 14.6. The molecule has 2 aliphatic rings. The number of allylic oxidation sites excluding steroid dienone is 2. The lowest BCUT2D eigenvalue weighted by molar-refractivity contribution is -0.146. The maximum atomic E-state index is 11.7. The molecule has 0 aromatic heterocycles. The highest BCUT2D eigenvalue weighted by Gasteiger charge is 2.29. The number of ketones is 1. The summed E-state index contributed by atoms with van der Waals surface area (Å²) >= 11 is 0. The van der Waals surface area contributed by atoms with Gasteiger partial charge in [0.05, 0.1) is 19.6 Å². The number of carbonyl (C=O) groups is 2. The van der Waals surface area contributed by atoms with Crippen molar-refractivity contribution in [3.05, 3.63) is 24.3 Å². The molecule has 0 aromatic carbocycles. The van der Waals surface area contributed by atoms with Crippen LogP contribution in [-0.2, 0) is 23.4 Å². The summed E-state index contributed by atoms with van der Waals surface area (Å²) in [5.74, 6) is -0.342. The van der Waals surface area contributed by atoms with Crippen LogP contribution in [-0.4, -0.2) is 37.2 Å². The quantitative estimate of drug-likeness (QED) is 0.578. The lowest BCUT2D eigenvalue weighted by atomic mass is 9.97. The number of ether oxygens (including phenoxy) is 1. The third-order valence-corrected chi connectivity index (χ3v) is 4.36. The number of esters is 1. The van der Waals surface area contributed by atoms with Gasteiger partial charge in [0.25, 0.3) is 0 Å². The maximum absolute atomic E-state index is 11.7. The molecule has 2 atom stereocenters. The van der Waals surface area contributed by atoms with Crippen LogP contribution in [0, 0.1) is 5.41 Å². The molecule has 110 valence electrons. The van der Waals surface area contributed by atoms with E-state index in [0.29, 0.717) is 19.4 Å². The molecule has 6 heteroatoms. The van der Waals surface area contributed by atoms with E-state index < -0.39 is 14.5 Å². The van der Waals surface area contributed by atoms with Crippen molar-refractivity contribution in [2.45, 2.75) is 26.4 Å². The molecule has 1 fully saturated rings. The van der Waals surface area contributed by atoms with Crippen LogP contribution in [0.5, 0.6) is 0 Å². The van der Waals surface area contributed by atoms with Crippen LogP contribution in [0.25, 0.3) is 0 Å². The first-order valence-corrected chi connectivity index (χ1v) is 7.94. The lowest BCUT2D eigenvalue weighted by Gasteiger charge is -2.26. The van der Waals surface area contributed by atoms with Gasteiger partial charge < -0.3 is 13.8 Å². The Morgan fingerprint density at radius 3 is 2.85 bits per heavy atom. The summed E-state index contributed by atoms with van der Waals surface area (Å²) in [4.78, 5) is 23.2. The summed E-state index contributed by atoms with van der Waals surface area (Å²) in [5, 5.41) is 0. The Balaban J connectivity index is 1.98. The van der Waals surface area contributed by atoms with E-state index in [1.807, 2.05) is 13.8 Å². The van der Waals surface area contributed by atoms with Gasteiger partial charge in [-0.05, 0) is 12.2 Å². The lowest BCUT2D eigenvalue weighted by Crippen LogP contribution is -2.26. The Hall–Kier alpha value is -1.03. The number of carbonyl (C=O) groups excluding carboxylic acids is 2. The number of rotatable bonds is 2. The van der Waals surface area contributed by atoms with Crippen LogP contribution in [0.1, 0.15) is 20.3 Å². The van der Waals surface area contributed by atoms with E-state index in [-0.39, 0.29) is 23.6 Å². The Morgan fingerprint density at radius 2 is 2.10 bits per heavy atom. The SMILES string of the molecule is CC1(C)COC(=O)CCP(OC2C=CC=CC2=O)OC1. The van der Waals surface area contributed by atoms with Crippen molar-refractivity contribution in [1.82, 2.24) is 0 Å². The number of hydrogen-bond acceptors (Lipinski definition) is 5. The fourth-order valence-electron chi connectivity index (χ4n) is 1.69. The van der Waals surface area contributed by atoms with Crippen LogP contribution in [0.15, 0.2) is 24.3 Å². The van der Waals surface area contributed by atoms with Gasteiger partial charge in [0.2, 0.25) is 0 Å². The molecule has 0 aromatic rings. The third kappa shape index (κ3) is 4.51. The van der Waals surface area contributed by atoms with E-state index in [9.17, 15) is 9.59 Å². The highest BCUT2D eigenvalue weighted by Crippen LogP contribution is 2.43. The minimum absolute atomic E-state index is 0.0969. The first-order chi connectivity index (χ1) is 9.46. The standard InChI is InChI=1S/C14H19O5P/c1-14(2)9-17-13(16)7-8-20(18-10-14)19-12-6-4-3-5-11(12)15/h3-6,12H,7-10H2,1-2H3. The van der Waals surface area contributed by atoms with Gasteiger partial charge in [0.1, 0.15) is 6.10 Å². The summed E-state index contributed by atoms with van der Waals surface area (Å²) < 4.78 is 16.7. The Morgan fingerprint density at radius 1 is 1.30 bits per heavy atom. The van der Waals surface area contributed by atoms with Crippen molar-refractivity contribution in [2.75, 3.05) is 19.4 Å². The number of hydrogen-bond donors (Lipinski definition) is 0. The summed E-state index contributed by atoms with van der Waals surface area (Å²) in [6.45, 7) is 4.70. The fourth-order valence-corrected chi connectivity index (χ4v) is 3.27. The molecule has 0 spiro atoms. The zero-order valence-corrected chi connectivity index (χ0v) is 12.6. The third-order valence-electron chi connectivity index (χ3n) is 2.89. The van der Waals surface area contributed by atoms with Crippen molar-refractivity contribution in [3.8, 4) is 0 Å². The molecule has 0 bridgehead atoms. The van der Waals surface area contributed by atoms with E-state index in [1.165, 1.54) is 6.08 Å². The highest BCUT2D eigenvalue weighted by atomic mass is 31.2. The highest BCUT2D eigenvalue weighted by molar-refractivity contribution is 7.47. The van der Waals surface area contributed by atoms with Crippen LogP contribution in [0.2, 0.25) is 0 Å². The summed E-state index contributed by atoms with van der Waals surface area (Å²) in [7, 11) is -1.27. The van der Waals surface area contributed by atoms with Crippen LogP contribution in [0.3, 0.4) is 0 Å². The van der Waals surface area contributed by atoms with Gasteiger partial charge in [0.15, 0.2) is 14.2 Å². The van der Waals surface area contributed by atoms with Gasteiger partial charge in [-0.15, -0.1) is 0 Å². The topological polar surface area (TPSA) is 61.8 Å². The van der Waals surface area contributed by atoms with Gasteiger partial charge in [-0.2, -0.15) is 0 Å². The van der Waals surface area contributed by atoms with Gasteiger partial charge in [0, 0.05) is 11.6 Å². The molecule has 5 nitrogen and oxygen atoms in total. The largest absolute Gasteiger partial charge is 0.465 e. The monoisotopic (exact) mass is 298 g/mol. The normalized spacial score (nSPS) is 30.3. The van der Waals surface area contributed by atoms with E-state index in [4.69, 9.17) is 13.8 Å². The molecule has 1 heterocycles. The zero-order valence-electron chi connectivity index (χ0n) is 11.7. The minimum Gasteiger partial charge on any atom is -0.465 e. The van der Waals surface area contributed by atoms with Crippen molar-refractivity contribution in [3.63, 3.8) is 0 Å². The second-order valence-corrected chi connectivity index (χ2v) is 7.16. The van der Waals surface area contributed by atoms with Crippen molar-refractivity contribution in [2.24, 2.45) is 5.41 Å². The smallest absolute Gasteiger partial charge is 0.306 e. The molecule has 20 heavy (non-hydrogen) atoms. The molecule has 0 N–H and O–H groups in total. The Kier molecular flexibility index (Phi) is 5.08. The van der Waals surface area contributed by atoms with Crippen molar-refractivity contribution < 1.29 is 23.4 Å². The molecule has 1 aliphatic carbocycles. The minimum atomic E-state index is -1.27. The van der Waals surface area contributed by atoms with E-state index >= 15 is 0 Å². The predicted molar refractivity (Wildman–Crippen MR) is 75.3 cm³/mol. The average molecular weight is 298 g/mol. The summed E-state index contributed by atoms with van der Waals surface area (Å²) in [5.41, 5.74) is -0.254. The van der Waals surface area contributed by atoms with Crippen molar-refractivity contribution >= 4 is 20.1 Å². The molecule has 2 rings (SSSR count). The first kappa shape index (κ1) is 15.4.